The molecule has 0 radical (unpaired) electrons. The van der Waals surface area contributed by atoms with E-state index in [2.05, 4.69) is 10.6 Å². The molecule has 6 heteroatoms. The third-order valence-electron chi connectivity index (χ3n) is 4.37. The van der Waals surface area contributed by atoms with Gasteiger partial charge >= 0.3 is 0 Å². The van der Waals surface area contributed by atoms with E-state index in [0.29, 0.717) is 15.7 Å². The van der Waals surface area contributed by atoms with Gasteiger partial charge in [0, 0.05) is 5.02 Å². The number of benzene rings is 2. The van der Waals surface area contributed by atoms with Crippen LogP contribution in [0, 0.1) is 6.92 Å². The van der Waals surface area contributed by atoms with Crippen molar-refractivity contribution in [2.45, 2.75) is 25.2 Å². The molecule has 2 aromatic carbocycles. The minimum atomic E-state index is -0.563. The van der Waals surface area contributed by atoms with Crippen LogP contribution < -0.4 is 10.6 Å². The van der Waals surface area contributed by atoms with Crippen molar-refractivity contribution in [3.63, 3.8) is 0 Å². The summed E-state index contributed by atoms with van der Waals surface area (Å²) >= 11 is 12.1. The zero-order valence-electron chi connectivity index (χ0n) is 13.7. The van der Waals surface area contributed by atoms with E-state index >= 15 is 0 Å². The maximum atomic E-state index is 12.5. The second-order valence-electron chi connectivity index (χ2n) is 6.31. The van der Waals surface area contributed by atoms with Crippen LogP contribution in [-0.2, 0) is 15.0 Å². The Morgan fingerprint density at radius 3 is 2.52 bits per heavy atom. The number of anilines is 1. The Kier molecular flexibility index (Phi) is 5.02. The quantitative estimate of drug-likeness (QED) is 0.825. The van der Waals surface area contributed by atoms with Crippen molar-refractivity contribution >= 4 is 40.7 Å². The maximum absolute atomic E-state index is 12.5. The van der Waals surface area contributed by atoms with E-state index in [0.717, 1.165) is 24.0 Å². The Morgan fingerprint density at radius 1 is 1.12 bits per heavy atom. The normalized spacial score (nSPS) is 14.7. The minimum absolute atomic E-state index is 0.106. The van der Waals surface area contributed by atoms with Gasteiger partial charge in [0.25, 0.3) is 0 Å². The van der Waals surface area contributed by atoms with Gasteiger partial charge in [0.05, 0.1) is 22.7 Å². The molecule has 2 aromatic rings. The van der Waals surface area contributed by atoms with Crippen LogP contribution in [0.15, 0.2) is 42.5 Å². The lowest BCUT2D eigenvalue weighted by Gasteiger charge is -2.16. The Bertz CT molecular complexity index is 832. The van der Waals surface area contributed by atoms with E-state index in [4.69, 9.17) is 23.2 Å². The van der Waals surface area contributed by atoms with Crippen LogP contribution in [0.1, 0.15) is 24.0 Å². The predicted molar refractivity (Wildman–Crippen MR) is 100 cm³/mol. The highest BCUT2D eigenvalue weighted by atomic mass is 35.5. The van der Waals surface area contributed by atoms with Gasteiger partial charge in [0.15, 0.2) is 0 Å². The number of carbonyl (C=O) groups excluding carboxylic acids is 2. The monoisotopic (exact) mass is 376 g/mol. The molecule has 2 amide bonds. The summed E-state index contributed by atoms with van der Waals surface area (Å²) in [6.07, 6.45) is 1.51. The van der Waals surface area contributed by atoms with Crippen LogP contribution in [0.4, 0.5) is 5.69 Å². The van der Waals surface area contributed by atoms with Gasteiger partial charge in [-0.05, 0) is 55.2 Å². The number of nitrogens with one attached hydrogen (secondary N) is 2. The van der Waals surface area contributed by atoms with Crippen molar-refractivity contribution < 1.29 is 9.59 Å². The third kappa shape index (κ3) is 3.97. The number of halogens is 2. The molecule has 0 bridgehead atoms. The molecule has 0 heterocycles. The second kappa shape index (κ2) is 7.06. The minimum Gasteiger partial charge on any atom is -0.346 e. The Balaban J connectivity index is 1.59. The van der Waals surface area contributed by atoms with E-state index in [1.54, 1.807) is 24.3 Å². The van der Waals surface area contributed by atoms with Gasteiger partial charge in [-0.1, -0.05) is 41.4 Å². The molecule has 3 rings (SSSR count). The fourth-order valence-electron chi connectivity index (χ4n) is 2.80. The van der Waals surface area contributed by atoms with E-state index < -0.39 is 5.41 Å². The van der Waals surface area contributed by atoms with Crippen LogP contribution >= 0.6 is 23.2 Å². The first-order valence-electron chi connectivity index (χ1n) is 8.01. The summed E-state index contributed by atoms with van der Waals surface area (Å²) in [6, 6.07) is 12.7. The number of amides is 2. The van der Waals surface area contributed by atoms with Crippen molar-refractivity contribution in [1.29, 1.82) is 0 Å². The first-order chi connectivity index (χ1) is 11.9. The highest BCUT2D eigenvalue weighted by molar-refractivity contribution is 6.33. The molecule has 0 aromatic heterocycles. The lowest BCUT2D eigenvalue weighted by molar-refractivity contribution is -0.126. The maximum Gasteiger partial charge on any atom is 0.243 e. The molecule has 0 saturated heterocycles. The number of hydrogen-bond acceptors (Lipinski definition) is 2. The van der Waals surface area contributed by atoms with Gasteiger partial charge in [0.2, 0.25) is 11.8 Å². The number of rotatable bonds is 5. The molecule has 2 N–H and O–H groups in total. The molecule has 4 nitrogen and oxygen atoms in total. The summed E-state index contributed by atoms with van der Waals surface area (Å²) < 4.78 is 0. The average molecular weight is 377 g/mol. The highest BCUT2D eigenvalue weighted by Crippen LogP contribution is 2.48. The highest BCUT2D eigenvalue weighted by Gasteiger charge is 2.51. The molecule has 1 saturated carbocycles. The molecule has 1 aliphatic rings. The first-order valence-corrected chi connectivity index (χ1v) is 8.77. The molecule has 0 aliphatic heterocycles. The summed E-state index contributed by atoms with van der Waals surface area (Å²) in [5.41, 5.74) is 1.86. The van der Waals surface area contributed by atoms with Gasteiger partial charge in [-0.3, -0.25) is 9.59 Å². The SMILES string of the molecule is Cc1ccc(NC(=O)CNC(=O)C2(c3cccc(Cl)c3)CC2)c(Cl)c1. The van der Waals surface area contributed by atoms with Crippen LogP contribution in [-0.4, -0.2) is 18.4 Å². The molecule has 1 aliphatic carbocycles. The molecule has 1 fully saturated rings. The smallest absolute Gasteiger partial charge is 0.243 e. The fourth-order valence-corrected chi connectivity index (χ4v) is 3.28. The molecule has 0 atom stereocenters. The van der Waals surface area contributed by atoms with Crippen molar-refractivity contribution in [1.82, 2.24) is 5.32 Å². The predicted octanol–water partition coefficient (Wildman–Crippen LogP) is 4.09. The fraction of sp³-hybridized carbons (Fsp3) is 0.263. The van der Waals surface area contributed by atoms with Crippen LogP contribution in [0.5, 0.6) is 0 Å². The van der Waals surface area contributed by atoms with Crippen molar-refractivity contribution in [2.75, 3.05) is 11.9 Å². The van der Waals surface area contributed by atoms with Crippen LogP contribution in [0.3, 0.4) is 0 Å². The lowest BCUT2D eigenvalue weighted by atomic mass is 9.95. The van der Waals surface area contributed by atoms with Crippen molar-refractivity contribution in [3.05, 3.63) is 63.6 Å². The van der Waals surface area contributed by atoms with Crippen molar-refractivity contribution in [3.8, 4) is 0 Å². The summed E-state index contributed by atoms with van der Waals surface area (Å²) in [6.45, 7) is 1.81. The van der Waals surface area contributed by atoms with Crippen LogP contribution in [0.2, 0.25) is 10.0 Å². The molecule has 0 unspecified atom stereocenters. The van der Waals surface area contributed by atoms with Gasteiger partial charge in [-0.15, -0.1) is 0 Å². The summed E-state index contributed by atoms with van der Waals surface area (Å²) in [4.78, 5) is 24.6. The van der Waals surface area contributed by atoms with Gasteiger partial charge in [-0.25, -0.2) is 0 Å². The van der Waals surface area contributed by atoms with Gasteiger partial charge < -0.3 is 10.6 Å². The lowest BCUT2D eigenvalue weighted by Crippen LogP contribution is -2.39. The summed E-state index contributed by atoms with van der Waals surface area (Å²) in [5.74, 6) is -0.471. The average Bonchev–Trinajstić information content (AvgIpc) is 3.37. The molecule has 130 valence electrons. The van der Waals surface area contributed by atoms with E-state index in [1.807, 2.05) is 25.1 Å². The standard InChI is InChI=1S/C19H18Cl2N2O2/c1-12-5-6-16(15(21)9-12)23-17(24)11-22-18(25)19(7-8-19)13-3-2-4-14(20)10-13/h2-6,9-10H,7-8,11H2,1H3,(H,22,25)(H,23,24). The first kappa shape index (κ1) is 17.8. The second-order valence-corrected chi connectivity index (χ2v) is 7.15. The Labute approximate surface area is 156 Å². The van der Waals surface area contributed by atoms with Crippen LogP contribution in [0.25, 0.3) is 0 Å². The number of carbonyl (C=O) groups is 2. The van der Waals surface area contributed by atoms with E-state index in [9.17, 15) is 9.59 Å². The van der Waals surface area contributed by atoms with Crippen molar-refractivity contribution in [2.24, 2.45) is 0 Å². The molecule has 25 heavy (non-hydrogen) atoms. The summed E-state index contributed by atoms with van der Waals surface area (Å²) in [7, 11) is 0. The molecular formula is C19H18Cl2N2O2. The number of aryl methyl sites for hydroxylation is 1. The number of hydrogen-bond donors (Lipinski definition) is 2. The Hall–Kier alpha value is -2.04. The van der Waals surface area contributed by atoms with Gasteiger partial charge in [0.1, 0.15) is 0 Å². The summed E-state index contributed by atoms with van der Waals surface area (Å²) in [5, 5.41) is 6.49. The zero-order valence-corrected chi connectivity index (χ0v) is 15.2. The third-order valence-corrected chi connectivity index (χ3v) is 4.92. The Morgan fingerprint density at radius 2 is 1.88 bits per heavy atom. The topological polar surface area (TPSA) is 58.2 Å². The largest absolute Gasteiger partial charge is 0.346 e. The molecular weight excluding hydrogens is 359 g/mol. The van der Waals surface area contributed by atoms with Gasteiger partial charge in [-0.2, -0.15) is 0 Å². The zero-order chi connectivity index (χ0) is 18.0. The van der Waals surface area contributed by atoms with E-state index in [1.165, 1.54) is 0 Å². The molecule has 0 spiro atoms. The van der Waals surface area contributed by atoms with E-state index in [-0.39, 0.29) is 18.4 Å².